The fourth-order valence-electron chi connectivity index (χ4n) is 2.83. The zero-order valence-electron chi connectivity index (χ0n) is 14.8. The van der Waals surface area contributed by atoms with Crippen LogP contribution in [-0.4, -0.2) is 32.0 Å². The molecule has 1 unspecified atom stereocenters. The number of nitrogens with one attached hydrogen (secondary N) is 3. The Balaban J connectivity index is 0.00000261. The quantitative estimate of drug-likeness (QED) is 0.729. The van der Waals surface area contributed by atoms with Gasteiger partial charge in [-0.1, -0.05) is 6.07 Å². The molecule has 3 N–H and O–H groups in total. The number of benzene rings is 2. The molecule has 1 atom stereocenters. The van der Waals surface area contributed by atoms with Gasteiger partial charge in [0.05, 0.1) is 18.7 Å². The summed E-state index contributed by atoms with van der Waals surface area (Å²) in [6.07, 6.45) is 0.797. The lowest BCUT2D eigenvalue weighted by atomic mass is 10.1. The molecule has 1 heterocycles. The van der Waals surface area contributed by atoms with Crippen LogP contribution in [0.3, 0.4) is 0 Å². The molecule has 0 radical (unpaired) electrons. The average molecular weight is 394 g/mol. The van der Waals surface area contributed by atoms with E-state index in [4.69, 9.17) is 4.74 Å². The molecule has 0 aromatic heterocycles. The summed E-state index contributed by atoms with van der Waals surface area (Å²) in [5.74, 6) is -0.651. The van der Waals surface area contributed by atoms with Gasteiger partial charge in [-0.15, -0.1) is 12.4 Å². The summed E-state index contributed by atoms with van der Waals surface area (Å²) >= 11 is 0. The zero-order valence-corrected chi connectivity index (χ0v) is 15.6. The molecule has 0 spiro atoms. The molecule has 144 valence electrons. The van der Waals surface area contributed by atoms with Gasteiger partial charge in [-0.3, -0.25) is 9.59 Å². The number of carbonyl (C=O) groups excluding carboxylic acids is 2. The maximum atomic E-state index is 13.3. The number of halogens is 2. The Bertz CT molecular complexity index is 826. The van der Waals surface area contributed by atoms with Crippen molar-refractivity contribution in [3.05, 3.63) is 53.8 Å². The molecule has 6 nitrogen and oxygen atoms in total. The van der Waals surface area contributed by atoms with Crippen LogP contribution >= 0.6 is 12.4 Å². The Morgan fingerprint density at radius 1 is 1.19 bits per heavy atom. The van der Waals surface area contributed by atoms with E-state index in [1.54, 1.807) is 18.2 Å². The number of rotatable bonds is 5. The third kappa shape index (κ3) is 5.18. The largest absolute Gasteiger partial charge is 0.495 e. The fraction of sp³-hybridized carbons (Fsp3) is 0.263. The number of carbonyl (C=O) groups is 2. The van der Waals surface area contributed by atoms with Gasteiger partial charge in [0.2, 0.25) is 5.91 Å². The first-order valence-corrected chi connectivity index (χ1v) is 8.33. The van der Waals surface area contributed by atoms with E-state index in [2.05, 4.69) is 16.0 Å². The van der Waals surface area contributed by atoms with Crippen LogP contribution in [0.5, 0.6) is 5.75 Å². The van der Waals surface area contributed by atoms with E-state index in [1.807, 2.05) is 0 Å². The van der Waals surface area contributed by atoms with Gasteiger partial charge in [-0.2, -0.15) is 0 Å². The minimum Gasteiger partial charge on any atom is -0.495 e. The third-order valence-corrected chi connectivity index (χ3v) is 4.23. The van der Waals surface area contributed by atoms with E-state index < -0.39 is 11.7 Å². The molecule has 8 heteroatoms. The van der Waals surface area contributed by atoms with Gasteiger partial charge in [0, 0.05) is 17.8 Å². The van der Waals surface area contributed by atoms with Crippen molar-refractivity contribution in [3.63, 3.8) is 0 Å². The Labute approximate surface area is 162 Å². The number of ether oxygens (including phenoxy) is 1. The second-order valence-electron chi connectivity index (χ2n) is 6.06. The van der Waals surface area contributed by atoms with Crippen LogP contribution in [0.1, 0.15) is 16.8 Å². The molecule has 3 rings (SSSR count). The van der Waals surface area contributed by atoms with Crippen molar-refractivity contribution in [1.82, 2.24) is 5.32 Å². The van der Waals surface area contributed by atoms with Crippen molar-refractivity contribution in [3.8, 4) is 5.75 Å². The molecule has 0 saturated carbocycles. The Hall–Kier alpha value is -2.64. The van der Waals surface area contributed by atoms with Crippen molar-refractivity contribution in [2.24, 2.45) is 5.92 Å². The summed E-state index contributed by atoms with van der Waals surface area (Å²) in [6.45, 7) is 1.49. The van der Waals surface area contributed by atoms with Crippen molar-refractivity contribution < 1.29 is 18.7 Å². The number of methoxy groups -OCH3 is 1. The summed E-state index contributed by atoms with van der Waals surface area (Å²) in [4.78, 5) is 24.6. The minimum absolute atomic E-state index is 0. The predicted octanol–water partition coefficient (Wildman–Crippen LogP) is 3.06. The van der Waals surface area contributed by atoms with E-state index in [1.165, 1.54) is 25.3 Å². The van der Waals surface area contributed by atoms with E-state index in [9.17, 15) is 14.0 Å². The number of hydrogen-bond donors (Lipinski definition) is 3. The van der Waals surface area contributed by atoms with Gasteiger partial charge in [-0.05, 0) is 49.4 Å². The van der Waals surface area contributed by atoms with Gasteiger partial charge in [0.25, 0.3) is 5.91 Å². The average Bonchev–Trinajstić information content (AvgIpc) is 3.17. The molecular weight excluding hydrogens is 373 g/mol. The molecule has 2 aromatic rings. The Kier molecular flexibility index (Phi) is 7.15. The molecule has 2 aromatic carbocycles. The second-order valence-corrected chi connectivity index (χ2v) is 6.06. The third-order valence-electron chi connectivity index (χ3n) is 4.23. The van der Waals surface area contributed by atoms with Gasteiger partial charge < -0.3 is 20.7 Å². The molecule has 2 amide bonds. The van der Waals surface area contributed by atoms with Crippen LogP contribution < -0.4 is 20.7 Å². The molecule has 0 aliphatic carbocycles. The van der Waals surface area contributed by atoms with E-state index in [0.29, 0.717) is 23.7 Å². The molecular formula is C19H21ClFN3O3. The van der Waals surface area contributed by atoms with Crippen molar-refractivity contribution >= 4 is 35.6 Å². The second kappa shape index (κ2) is 9.34. The van der Waals surface area contributed by atoms with Gasteiger partial charge in [0.1, 0.15) is 11.6 Å². The van der Waals surface area contributed by atoms with Gasteiger partial charge in [0.15, 0.2) is 0 Å². The van der Waals surface area contributed by atoms with Crippen LogP contribution in [-0.2, 0) is 4.79 Å². The standard InChI is InChI=1S/C19H20FN3O3.ClH/c1-26-17-6-5-15(22-19(25)13-7-8-21-11-13)10-16(17)23-18(24)12-3-2-4-14(20)9-12;/h2-6,9-10,13,21H,7-8,11H2,1H3,(H,22,25)(H,23,24);1H. The Morgan fingerprint density at radius 3 is 2.67 bits per heavy atom. The van der Waals surface area contributed by atoms with Gasteiger partial charge >= 0.3 is 0 Å². The molecule has 1 saturated heterocycles. The first-order valence-electron chi connectivity index (χ1n) is 8.33. The first kappa shape index (κ1) is 20.7. The number of amides is 2. The highest BCUT2D eigenvalue weighted by molar-refractivity contribution is 6.05. The lowest BCUT2D eigenvalue weighted by Crippen LogP contribution is -2.24. The number of anilines is 2. The van der Waals surface area contributed by atoms with Crippen molar-refractivity contribution in [2.75, 3.05) is 30.8 Å². The normalized spacial score (nSPS) is 15.6. The maximum Gasteiger partial charge on any atom is 0.255 e. The van der Waals surface area contributed by atoms with Crippen LogP contribution in [0.4, 0.5) is 15.8 Å². The van der Waals surface area contributed by atoms with Crippen molar-refractivity contribution in [1.29, 1.82) is 0 Å². The molecule has 1 aliphatic heterocycles. The fourth-order valence-corrected chi connectivity index (χ4v) is 2.83. The highest BCUT2D eigenvalue weighted by atomic mass is 35.5. The smallest absolute Gasteiger partial charge is 0.255 e. The van der Waals surface area contributed by atoms with Crippen LogP contribution in [0, 0.1) is 11.7 Å². The SMILES string of the molecule is COc1ccc(NC(=O)C2CCNC2)cc1NC(=O)c1cccc(F)c1.Cl. The highest BCUT2D eigenvalue weighted by Gasteiger charge is 2.22. The molecule has 27 heavy (non-hydrogen) atoms. The van der Waals surface area contributed by atoms with E-state index >= 15 is 0 Å². The Morgan fingerprint density at radius 2 is 2.00 bits per heavy atom. The van der Waals surface area contributed by atoms with E-state index in [-0.39, 0.29) is 29.8 Å². The topological polar surface area (TPSA) is 79.5 Å². The zero-order chi connectivity index (χ0) is 18.5. The van der Waals surface area contributed by atoms with Crippen molar-refractivity contribution in [2.45, 2.75) is 6.42 Å². The lowest BCUT2D eigenvalue weighted by Gasteiger charge is -2.14. The molecule has 1 fully saturated rings. The highest BCUT2D eigenvalue weighted by Crippen LogP contribution is 2.29. The molecule has 0 bridgehead atoms. The van der Waals surface area contributed by atoms with E-state index in [0.717, 1.165) is 19.0 Å². The monoisotopic (exact) mass is 393 g/mol. The predicted molar refractivity (Wildman–Crippen MR) is 104 cm³/mol. The summed E-state index contributed by atoms with van der Waals surface area (Å²) in [7, 11) is 1.48. The summed E-state index contributed by atoms with van der Waals surface area (Å²) in [6, 6.07) is 10.4. The van der Waals surface area contributed by atoms with Crippen LogP contribution in [0.25, 0.3) is 0 Å². The van der Waals surface area contributed by atoms with Crippen LogP contribution in [0.2, 0.25) is 0 Å². The number of hydrogen-bond acceptors (Lipinski definition) is 4. The summed E-state index contributed by atoms with van der Waals surface area (Å²) in [5.41, 5.74) is 1.14. The summed E-state index contributed by atoms with van der Waals surface area (Å²) in [5, 5.41) is 8.69. The molecule has 1 aliphatic rings. The summed E-state index contributed by atoms with van der Waals surface area (Å²) < 4.78 is 18.6. The van der Waals surface area contributed by atoms with Crippen LogP contribution in [0.15, 0.2) is 42.5 Å². The minimum atomic E-state index is -0.490. The van der Waals surface area contributed by atoms with Gasteiger partial charge in [-0.25, -0.2) is 4.39 Å². The lowest BCUT2D eigenvalue weighted by molar-refractivity contribution is -0.119. The first-order chi connectivity index (χ1) is 12.6. The maximum absolute atomic E-state index is 13.3.